The molecule has 0 spiro atoms. The lowest BCUT2D eigenvalue weighted by molar-refractivity contribution is -0.183. The van der Waals surface area contributed by atoms with Crippen LogP contribution >= 0.6 is 15.9 Å². The van der Waals surface area contributed by atoms with Gasteiger partial charge >= 0.3 is 6.18 Å². The highest BCUT2D eigenvalue weighted by molar-refractivity contribution is 9.10. The smallest absolute Gasteiger partial charge is 0.419 e. The Hall–Kier alpha value is -1.16. The Balaban J connectivity index is 2.55. The van der Waals surface area contributed by atoms with Crippen LogP contribution in [0, 0.1) is 0 Å². The Morgan fingerprint density at radius 2 is 2.11 bits per heavy atom. The molecule has 0 aliphatic carbocycles. The minimum Gasteiger partial charge on any atom is -0.477 e. The second-order valence-corrected chi connectivity index (χ2v) is 3.93. The van der Waals surface area contributed by atoms with Crippen molar-refractivity contribution in [2.75, 3.05) is 12.0 Å². The minimum absolute atomic E-state index is 0.0210. The van der Waals surface area contributed by atoms with Crippen LogP contribution < -0.4 is 16.0 Å². The van der Waals surface area contributed by atoms with Gasteiger partial charge in [0.2, 0.25) is 5.88 Å². The topological polar surface area (TPSA) is 73.1 Å². The second-order valence-electron chi connectivity index (χ2n) is 3.13. The first kappa shape index (κ1) is 14.9. The number of nitrogens with one attached hydrogen (secondary N) is 1. The summed E-state index contributed by atoms with van der Waals surface area (Å²) in [6.07, 6.45) is -7.52. The van der Waals surface area contributed by atoms with Gasteiger partial charge in [0.1, 0.15) is 10.8 Å². The number of nitrogen functional groups attached to an aromatic ring is 1. The number of ether oxygens (including phenoxy) is 1. The van der Waals surface area contributed by atoms with Gasteiger partial charge in [-0.1, -0.05) is 0 Å². The normalized spacial score (nSPS) is 13.2. The van der Waals surface area contributed by atoms with Gasteiger partial charge in [0.25, 0.3) is 0 Å². The molecule has 0 aliphatic heterocycles. The Labute approximate surface area is 108 Å². The van der Waals surface area contributed by atoms with Gasteiger partial charge in [-0.2, -0.15) is 13.2 Å². The third-order valence-corrected chi connectivity index (χ3v) is 2.57. The first-order valence-electron chi connectivity index (χ1n) is 4.67. The summed E-state index contributed by atoms with van der Waals surface area (Å²) in [5.74, 6) is 5.30. The molecule has 0 saturated carbocycles. The standard InChI is InChI=1S/C8H9BrF4N4O/c9-5-6(17-14)15-3-16-7(5)18-2-1-4(10)8(11,12)13/h3-4H,1-2,14H2,(H,15,16,17). The highest BCUT2D eigenvalue weighted by atomic mass is 79.9. The van der Waals surface area contributed by atoms with E-state index in [9.17, 15) is 17.6 Å². The van der Waals surface area contributed by atoms with Crippen molar-refractivity contribution >= 4 is 21.7 Å². The number of aromatic nitrogens is 2. The lowest BCUT2D eigenvalue weighted by atomic mass is 10.3. The van der Waals surface area contributed by atoms with E-state index in [-0.39, 0.29) is 16.2 Å². The van der Waals surface area contributed by atoms with Gasteiger partial charge in [-0.05, 0) is 15.9 Å². The molecule has 1 rings (SSSR count). The summed E-state index contributed by atoms with van der Waals surface area (Å²) in [7, 11) is 0. The minimum atomic E-state index is -4.88. The summed E-state index contributed by atoms with van der Waals surface area (Å²) < 4.78 is 53.4. The van der Waals surface area contributed by atoms with Gasteiger partial charge < -0.3 is 10.2 Å². The van der Waals surface area contributed by atoms with Crippen LogP contribution in [-0.4, -0.2) is 28.9 Å². The van der Waals surface area contributed by atoms with Crippen molar-refractivity contribution in [3.63, 3.8) is 0 Å². The molecule has 0 amide bonds. The van der Waals surface area contributed by atoms with Gasteiger partial charge in [-0.3, -0.25) is 0 Å². The monoisotopic (exact) mass is 332 g/mol. The molecule has 10 heteroatoms. The summed E-state index contributed by atoms with van der Waals surface area (Å²) in [6, 6.07) is 0. The zero-order valence-electron chi connectivity index (χ0n) is 8.84. The first-order chi connectivity index (χ1) is 8.36. The molecule has 0 aliphatic rings. The molecule has 1 unspecified atom stereocenters. The van der Waals surface area contributed by atoms with Crippen LogP contribution in [0.4, 0.5) is 23.4 Å². The van der Waals surface area contributed by atoms with Crippen molar-refractivity contribution in [1.82, 2.24) is 9.97 Å². The largest absolute Gasteiger partial charge is 0.477 e. The number of hydrazine groups is 1. The van der Waals surface area contributed by atoms with E-state index in [1.54, 1.807) is 0 Å². The van der Waals surface area contributed by atoms with Crippen LogP contribution in [0.5, 0.6) is 5.88 Å². The SMILES string of the molecule is NNc1ncnc(OCCC(F)C(F)(F)F)c1Br. The molecule has 0 bridgehead atoms. The van der Waals surface area contributed by atoms with Crippen LogP contribution in [0.3, 0.4) is 0 Å². The molecule has 18 heavy (non-hydrogen) atoms. The van der Waals surface area contributed by atoms with Crippen LogP contribution in [-0.2, 0) is 0 Å². The highest BCUT2D eigenvalue weighted by Gasteiger charge is 2.39. The average Bonchev–Trinajstić information content (AvgIpc) is 2.30. The van der Waals surface area contributed by atoms with Crippen LogP contribution in [0.2, 0.25) is 0 Å². The van der Waals surface area contributed by atoms with Gasteiger partial charge in [0.15, 0.2) is 12.0 Å². The highest BCUT2D eigenvalue weighted by Crippen LogP contribution is 2.29. The van der Waals surface area contributed by atoms with E-state index < -0.39 is 25.4 Å². The molecule has 0 aromatic carbocycles. The van der Waals surface area contributed by atoms with Gasteiger partial charge in [0, 0.05) is 6.42 Å². The number of rotatable bonds is 5. The van der Waals surface area contributed by atoms with Gasteiger partial charge in [0.05, 0.1) is 6.61 Å². The maximum Gasteiger partial charge on any atom is 0.419 e. The summed E-state index contributed by atoms with van der Waals surface area (Å²) >= 11 is 3.04. The van der Waals surface area contributed by atoms with Crippen molar-refractivity contribution in [3.05, 3.63) is 10.8 Å². The Kier molecular flexibility index (Phi) is 5.08. The number of anilines is 1. The Bertz CT molecular complexity index is 403. The van der Waals surface area contributed by atoms with E-state index in [2.05, 4.69) is 31.3 Å². The van der Waals surface area contributed by atoms with Crippen molar-refractivity contribution in [3.8, 4) is 5.88 Å². The van der Waals surface area contributed by atoms with Crippen LogP contribution in [0.15, 0.2) is 10.8 Å². The Morgan fingerprint density at radius 1 is 1.44 bits per heavy atom. The molecule has 1 heterocycles. The fourth-order valence-corrected chi connectivity index (χ4v) is 1.41. The molecule has 0 radical (unpaired) electrons. The van der Waals surface area contributed by atoms with Crippen molar-refractivity contribution < 1.29 is 22.3 Å². The molecule has 102 valence electrons. The van der Waals surface area contributed by atoms with E-state index in [1.165, 1.54) is 0 Å². The maximum absolute atomic E-state index is 12.6. The third-order valence-electron chi connectivity index (χ3n) is 1.86. The van der Waals surface area contributed by atoms with Gasteiger partial charge in [-0.25, -0.2) is 20.2 Å². The lowest BCUT2D eigenvalue weighted by Crippen LogP contribution is -2.26. The second kappa shape index (κ2) is 6.14. The molecule has 3 N–H and O–H groups in total. The molecular formula is C8H9BrF4N4O. The van der Waals surface area contributed by atoms with E-state index in [1.807, 2.05) is 0 Å². The molecule has 1 atom stereocenters. The van der Waals surface area contributed by atoms with E-state index in [4.69, 9.17) is 10.6 Å². The predicted molar refractivity (Wildman–Crippen MR) is 58.6 cm³/mol. The van der Waals surface area contributed by atoms with E-state index in [0.717, 1.165) is 6.33 Å². The van der Waals surface area contributed by atoms with Crippen molar-refractivity contribution in [2.24, 2.45) is 5.84 Å². The molecule has 1 aromatic rings. The third kappa shape index (κ3) is 3.95. The fourth-order valence-electron chi connectivity index (χ4n) is 0.978. The molecular weight excluding hydrogens is 324 g/mol. The quantitative estimate of drug-likeness (QED) is 0.491. The summed E-state index contributed by atoms with van der Waals surface area (Å²) in [6.45, 7) is -0.472. The zero-order chi connectivity index (χ0) is 13.8. The number of nitrogens with zero attached hydrogens (tertiary/aromatic N) is 2. The zero-order valence-corrected chi connectivity index (χ0v) is 10.4. The Morgan fingerprint density at radius 3 is 2.67 bits per heavy atom. The number of halogens is 5. The van der Waals surface area contributed by atoms with E-state index >= 15 is 0 Å². The van der Waals surface area contributed by atoms with Crippen LogP contribution in [0.25, 0.3) is 0 Å². The average molecular weight is 333 g/mol. The number of nitrogens with two attached hydrogens (primary N) is 1. The number of hydrogen-bond acceptors (Lipinski definition) is 5. The summed E-state index contributed by atoms with van der Waals surface area (Å²) in [5, 5.41) is 0. The molecule has 0 saturated heterocycles. The van der Waals surface area contributed by atoms with Crippen molar-refractivity contribution in [1.29, 1.82) is 0 Å². The summed E-state index contributed by atoms with van der Waals surface area (Å²) in [4.78, 5) is 7.38. The molecule has 0 fully saturated rings. The molecule has 1 aromatic heterocycles. The maximum atomic E-state index is 12.6. The molecule has 5 nitrogen and oxygen atoms in total. The van der Waals surface area contributed by atoms with Crippen LogP contribution in [0.1, 0.15) is 6.42 Å². The van der Waals surface area contributed by atoms with Crippen molar-refractivity contribution in [2.45, 2.75) is 18.8 Å². The lowest BCUT2D eigenvalue weighted by Gasteiger charge is -2.13. The first-order valence-corrected chi connectivity index (χ1v) is 5.46. The fraction of sp³-hybridized carbons (Fsp3) is 0.500. The number of hydrogen-bond donors (Lipinski definition) is 2. The predicted octanol–water partition coefficient (Wildman–Crippen LogP) is 2.19. The van der Waals surface area contributed by atoms with Gasteiger partial charge in [-0.15, -0.1) is 0 Å². The number of alkyl halides is 4. The summed E-state index contributed by atoms with van der Waals surface area (Å²) in [5.41, 5.74) is 2.23. The van der Waals surface area contributed by atoms with E-state index in [0.29, 0.717) is 0 Å².